The maximum atomic E-state index is 11.8. The minimum atomic E-state index is -0.108. The van der Waals surface area contributed by atoms with Gasteiger partial charge in [-0.2, -0.15) is 0 Å². The van der Waals surface area contributed by atoms with Crippen molar-refractivity contribution >= 4 is 5.91 Å². The van der Waals surface area contributed by atoms with E-state index in [0.717, 1.165) is 19.5 Å². The quantitative estimate of drug-likeness (QED) is 0.812. The normalized spacial score (nSPS) is 12.2. The zero-order valence-electron chi connectivity index (χ0n) is 10.9. The molecule has 0 heterocycles. The first-order chi connectivity index (χ1) is 8.15. The van der Waals surface area contributed by atoms with Crippen molar-refractivity contribution in [2.45, 2.75) is 26.3 Å². The molecule has 0 spiro atoms. The number of benzene rings is 1. The highest BCUT2D eigenvalue weighted by atomic mass is 16.2. The van der Waals surface area contributed by atoms with Crippen LogP contribution in [0.2, 0.25) is 0 Å². The SMILES string of the molecule is CCN(C)C(=O)C(C)NCCc1ccccc1. The van der Waals surface area contributed by atoms with Gasteiger partial charge >= 0.3 is 0 Å². The molecule has 0 saturated carbocycles. The standard InChI is InChI=1S/C14H22N2O/c1-4-16(3)14(17)12(2)15-11-10-13-8-6-5-7-9-13/h5-9,12,15H,4,10-11H2,1-3H3. The number of hydrogen-bond donors (Lipinski definition) is 1. The first kappa shape index (κ1) is 13.7. The molecule has 94 valence electrons. The Morgan fingerprint density at radius 3 is 2.59 bits per heavy atom. The molecular formula is C14H22N2O. The van der Waals surface area contributed by atoms with Crippen molar-refractivity contribution in [2.24, 2.45) is 0 Å². The van der Waals surface area contributed by atoms with Crippen LogP contribution in [0.15, 0.2) is 30.3 Å². The summed E-state index contributed by atoms with van der Waals surface area (Å²) in [6.07, 6.45) is 0.953. The van der Waals surface area contributed by atoms with Crippen LogP contribution in [0.3, 0.4) is 0 Å². The Labute approximate surface area is 104 Å². The number of carbonyl (C=O) groups is 1. The summed E-state index contributed by atoms with van der Waals surface area (Å²) in [6.45, 7) is 5.48. The smallest absolute Gasteiger partial charge is 0.239 e. The molecule has 1 aromatic rings. The summed E-state index contributed by atoms with van der Waals surface area (Å²) in [6, 6.07) is 10.2. The molecule has 1 aromatic carbocycles. The van der Waals surface area contributed by atoms with Gasteiger partial charge < -0.3 is 10.2 Å². The van der Waals surface area contributed by atoms with E-state index >= 15 is 0 Å². The molecule has 3 heteroatoms. The summed E-state index contributed by atoms with van der Waals surface area (Å²) in [5.41, 5.74) is 1.29. The third-order valence-electron chi connectivity index (χ3n) is 2.93. The van der Waals surface area contributed by atoms with E-state index in [-0.39, 0.29) is 11.9 Å². The molecule has 3 nitrogen and oxygen atoms in total. The van der Waals surface area contributed by atoms with Crippen molar-refractivity contribution in [1.82, 2.24) is 10.2 Å². The molecule has 0 aromatic heterocycles. The van der Waals surface area contributed by atoms with Crippen molar-refractivity contribution in [3.63, 3.8) is 0 Å². The maximum Gasteiger partial charge on any atom is 0.239 e. The topological polar surface area (TPSA) is 32.3 Å². The van der Waals surface area contributed by atoms with Gasteiger partial charge in [0.05, 0.1) is 6.04 Å². The van der Waals surface area contributed by atoms with Crippen LogP contribution in [-0.2, 0) is 11.2 Å². The van der Waals surface area contributed by atoms with Gasteiger partial charge in [-0.15, -0.1) is 0 Å². The molecule has 0 aliphatic rings. The van der Waals surface area contributed by atoms with Gasteiger partial charge in [0.2, 0.25) is 5.91 Å². The number of amides is 1. The highest BCUT2D eigenvalue weighted by Gasteiger charge is 2.14. The predicted octanol–water partition coefficient (Wildman–Crippen LogP) is 1.69. The molecule has 0 fully saturated rings. The lowest BCUT2D eigenvalue weighted by molar-refractivity contribution is -0.131. The average Bonchev–Trinajstić information content (AvgIpc) is 2.38. The molecule has 0 bridgehead atoms. The lowest BCUT2D eigenvalue weighted by Crippen LogP contribution is -2.43. The molecule has 1 N–H and O–H groups in total. The summed E-state index contributed by atoms with van der Waals surface area (Å²) in [7, 11) is 1.83. The molecule has 0 radical (unpaired) electrons. The van der Waals surface area contributed by atoms with E-state index < -0.39 is 0 Å². The van der Waals surface area contributed by atoms with E-state index in [1.165, 1.54) is 5.56 Å². The van der Waals surface area contributed by atoms with Crippen molar-refractivity contribution in [2.75, 3.05) is 20.1 Å². The number of hydrogen-bond acceptors (Lipinski definition) is 2. The third-order valence-corrected chi connectivity index (χ3v) is 2.93. The molecule has 0 aliphatic heterocycles. The van der Waals surface area contributed by atoms with Crippen molar-refractivity contribution in [1.29, 1.82) is 0 Å². The molecule has 1 atom stereocenters. The Morgan fingerprint density at radius 2 is 2.00 bits per heavy atom. The Balaban J connectivity index is 2.29. The van der Waals surface area contributed by atoms with Crippen LogP contribution in [0.5, 0.6) is 0 Å². The second-order valence-corrected chi connectivity index (χ2v) is 4.26. The van der Waals surface area contributed by atoms with Crippen LogP contribution < -0.4 is 5.32 Å². The van der Waals surface area contributed by atoms with E-state index in [9.17, 15) is 4.79 Å². The zero-order chi connectivity index (χ0) is 12.7. The van der Waals surface area contributed by atoms with E-state index in [4.69, 9.17) is 0 Å². The fourth-order valence-electron chi connectivity index (χ4n) is 1.65. The van der Waals surface area contributed by atoms with Gasteiger partial charge in [-0.25, -0.2) is 0 Å². The minimum absolute atomic E-state index is 0.108. The van der Waals surface area contributed by atoms with Crippen LogP contribution in [0.1, 0.15) is 19.4 Å². The number of rotatable bonds is 6. The van der Waals surface area contributed by atoms with E-state index in [1.807, 2.05) is 39.1 Å². The molecule has 1 unspecified atom stereocenters. The molecule has 0 saturated heterocycles. The summed E-state index contributed by atoms with van der Waals surface area (Å²) in [4.78, 5) is 13.5. The fourth-order valence-corrected chi connectivity index (χ4v) is 1.65. The highest BCUT2D eigenvalue weighted by molar-refractivity contribution is 5.81. The summed E-state index contributed by atoms with van der Waals surface area (Å²) in [5, 5.41) is 3.25. The Bertz CT molecular complexity index is 337. The molecule has 17 heavy (non-hydrogen) atoms. The van der Waals surface area contributed by atoms with Crippen molar-refractivity contribution < 1.29 is 4.79 Å². The Hall–Kier alpha value is -1.35. The molecule has 1 rings (SSSR count). The first-order valence-electron chi connectivity index (χ1n) is 6.17. The van der Waals surface area contributed by atoms with Gasteiger partial charge in [-0.1, -0.05) is 30.3 Å². The van der Waals surface area contributed by atoms with Gasteiger partial charge in [-0.05, 0) is 32.4 Å². The van der Waals surface area contributed by atoms with Crippen LogP contribution in [0.4, 0.5) is 0 Å². The minimum Gasteiger partial charge on any atom is -0.345 e. The van der Waals surface area contributed by atoms with Gasteiger partial charge in [0.15, 0.2) is 0 Å². The van der Waals surface area contributed by atoms with Gasteiger partial charge in [-0.3, -0.25) is 4.79 Å². The summed E-state index contributed by atoms with van der Waals surface area (Å²) >= 11 is 0. The Kier molecular flexibility index (Phi) is 5.70. The van der Waals surface area contributed by atoms with Crippen LogP contribution in [-0.4, -0.2) is 37.0 Å². The largest absolute Gasteiger partial charge is 0.345 e. The third kappa shape index (κ3) is 4.57. The molecular weight excluding hydrogens is 212 g/mol. The van der Waals surface area contributed by atoms with E-state index in [0.29, 0.717) is 0 Å². The lowest BCUT2D eigenvalue weighted by Gasteiger charge is -2.20. The van der Waals surface area contributed by atoms with Crippen molar-refractivity contribution in [3.8, 4) is 0 Å². The average molecular weight is 234 g/mol. The molecule has 0 aliphatic carbocycles. The Morgan fingerprint density at radius 1 is 1.35 bits per heavy atom. The van der Waals surface area contributed by atoms with Gasteiger partial charge in [0, 0.05) is 13.6 Å². The van der Waals surface area contributed by atoms with E-state index in [2.05, 4.69) is 17.4 Å². The van der Waals surface area contributed by atoms with Crippen LogP contribution >= 0.6 is 0 Å². The monoisotopic (exact) mass is 234 g/mol. The van der Waals surface area contributed by atoms with E-state index in [1.54, 1.807) is 4.90 Å². The van der Waals surface area contributed by atoms with Crippen LogP contribution in [0.25, 0.3) is 0 Å². The predicted molar refractivity (Wildman–Crippen MR) is 70.9 cm³/mol. The maximum absolute atomic E-state index is 11.8. The summed E-state index contributed by atoms with van der Waals surface area (Å²) < 4.78 is 0. The number of likely N-dealkylation sites (N-methyl/N-ethyl adjacent to an activating group) is 1. The second kappa shape index (κ2) is 7.07. The number of nitrogens with one attached hydrogen (secondary N) is 1. The van der Waals surface area contributed by atoms with Gasteiger partial charge in [0.25, 0.3) is 0 Å². The fraction of sp³-hybridized carbons (Fsp3) is 0.500. The summed E-state index contributed by atoms with van der Waals surface area (Å²) in [5.74, 6) is 0.153. The van der Waals surface area contributed by atoms with Crippen LogP contribution in [0, 0.1) is 0 Å². The number of carbonyl (C=O) groups excluding carboxylic acids is 1. The second-order valence-electron chi connectivity index (χ2n) is 4.26. The highest BCUT2D eigenvalue weighted by Crippen LogP contribution is 1.99. The number of nitrogens with zero attached hydrogens (tertiary/aromatic N) is 1. The van der Waals surface area contributed by atoms with Crippen molar-refractivity contribution in [3.05, 3.63) is 35.9 Å². The molecule has 1 amide bonds. The zero-order valence-corrected chi connectivity index (χ0v) is 10.9. The first-order valence-corrected chi connectivity index (χ1v) is 6.17. The van der Waals surface area contributed by atoms with Gasteiger partial charge in [0.1, 0.15) is 0 Å². The lowest BCUT2D eigenvalue weighted by atomic mass is 10.1.